The highest BCUT2D eigenvalue weighted by molar-refractivity contribution is 6.31. The normalized spacial score (nSPS) is 10.8. The van der Waals surface area contributed by atoms with Crippen LogP contribution in [0.2, 0.25) is 5.02 Å². The second-order valence-electron chi connectivity index (χ2n) is 2.16. The van der Waals surface area contributed by atoms with E-state index in [2.05, 4.69) is 25.1 Å². The summed E-state index contributed by atoms with van der Waals surface area (Å²) in [7, 11) is 5.19. The largest absolute Gasteiger partial charge is 0.458 e. The Morgan fingerprint density at radius 1 is 1.43 bits per heavy atom. The van der Waals surface area contributed by atoms with Gasteiger partial charge in [-0.3, -0.25) is 0 Å². The molecule has 1 N–H and O–H groups in total. The van der Waals surface area contributed by atoms with Crippen LogP contribution in [0.4, 0.5) is 0 Å². The summed E-state index contributed by atoms with van der Waals surface area (Å²) in [6.07, 6.45) is -1.12. The van der Waals surface area contributed by atoms with Crippen LogP contribution in [0, 0.1) is 11.3 Å². The molecule has 6 radical (unpaired) electrons. The first-order valence-corrected chi connectivity index (χ1v) is 4.68. The van der Waals surface area contributed by atoms with Crippen LogP contribution in [0.1, 0.15) is 11.7 Å². The zero-order chi connectivity index (χ0) is 11.0. The topological polar surface area (TPSA) is 53.2 Å². The number of nitrogens with zero attached hydrogens (tertiary/aromatic N) is 1. The standard InChI is InChI=1S/C8H6ClNO.OSi2/c9-7-4-2-1-3-6(7)8(11)5-10;2-1-3/h1-4,8,11H;. The molecule has 0 aromatic heterocycles. The molecule has 1 atom stereocenters. The van der Waals surface area contributed by atoms with E-state index in [0.717, 1.165) is 0 Å². The Hall–Kier alpha value is -0.646. The fraction of sp³-hybridized carbons (Fsp3) is 0.125. The van der Waals surface area contributed by atoms with E-state index in [1.807, 2.05) is 0 Å². The minimum absolute atomic E-state index is 0.418. The number of nitriles is 1. The van der Waals surface area contributed by atoms with Gasteiger partial charge in [-0.15, -0.1) is 0 Å². The van der Waals surface area contributed by atoms with E-state index < -0.39 is 6.10 Å². The second-order valence-corrected chi connectivity index (χ2v) is 3.38. The number of aliphatic hydroxyl groups is 1. The molecule has 6 heteroatoms. The van der Waals surface area contributed by atoms with Crippen LogP contribution in [-0.2, 0) is 4.12 Å². The van der Waals surface area contributed by atoms with Gasteiger partial charge in [-0.05, 0) is 6.07 Å². The zero-order valence-corrected chi connectivity index (χ0v) is 9.82. The molecule has 0 aliphatic rings. The first kappa shape index (κ1) is 13.4. The van der Waals surface area contributed by atoms with Crippen molar-refractivity contribution in [2.75, 3.05) is 0 Å². The first-order chi connectivity index (χ1) is 6.67. The van der Waals surface area contributed by atoms with Crippen molar-refractivity contribution < 1.29 is 9.22 Å². The Kier molecular flexibility index (Phi) is 7.37. The summed E-state index contributed by atoms with van der Waals surface area (Å²) in [6.45, 7) is 0. The maximum Gasteiger partial charge on any atom is 0.229 e. The third-order valence-electron chi connectivity index (χ3n) is 1.32. The maximum atomic E-state index is 9.06. The van der Waals surface area contributed by atoms with Gasteiger partial charge in [-0.2, -0.15) is 5.26 Å². The van der Waals surface area contributed by atoms with Crippen LogP contribution in [0.25, 0.3) is 0 Å². The lowest BCUT2D eigenvalue weighted by atomic mass is 10.1. The van der Waals surface area contributed by atoms with E-state index in [1.165, 1.54) is 0 Å². The van der Waals surface area contributed by atoms with E-state index in [0.29, 0.717) is 10.6 Å². The molecular formula is C8H6ClNO2Si2. The Morgan fingerprint density at radius 3 is 2.36 bits per heavy atom. The van der Waals surface area contributed by atoms with Crippen molar-refractivity contribution in [2.24, 2.45) is 0 Å². The molecule has 1 aromatic carbocycles. The molecule has 0 spiro atoms. The summed E-state index contributed by atoms with van der Waals surface area (Å²) in [4.78, 5) is 0. The number of aliphatic hydroxyl groups excluding tert-OH is 1. The molecule has 3 nitrogen and oxygen atoms in total. The van der Waals surface area contributed by atoms with Crippen molar-refractivity contribution >= 4 is 32.6 Å². The minimum Gasteiger partial charge on any atom is -0.458 e. The van der Waals surface area contributed by atoms with E-state index >= 15 is 0 Å². The third-order valence-corrected chi connectivity index (χ3v) is 1.67. The molecular weight excluding hydrogens is 234 g/mol. The molecule has 0 saturated heterocycles. The molecule has 0 aliphatic heterocycles. The maximum absolute atomic E-state index is 9.06. The smallest absolute Gasteiger partial charge is 0.229 e. The summed E-state index contributed by atoms with van der Waals surface area (Å²) in [5, 5.41) is 17.8. The molecule has 0 amide bonds. The summed E-state index contributed by atoms with van der Waals surface area (Å²) in [5.41, 5.74) is 0.455. The van der Waals surface area contributed by atoms with Crippen molar-refractivity contribution in [3.8, 4) is 6.07 Å². The van der Waals surface area contributed by atoms with Gasteiger partial charge in [-0.1, -0.05) is 29.8 Å². The number of rotatable bonds is 1. The average Bonchev–Trinajstić information content (AvgIpc) is 2.19. The zero-order valence-electron chi connectivity index (χ0n) is 7.07. The first-order valence-electron chi connectivity index (χ1n) is 3.48. The van der Waals surface area contributed by atoms with Crippen LogP contribution >= 0.6 is 11.6 Å². The number of hydrogen-bond acceptors (Lipinski definition) is 3. The molecule has 1 unspecified atom stereocenters. The monoisotopic (exact) mass is 239 g/mol. The molecule has 0 saturated carbocycles. The highest BCUT2D eigenvalue weighted by Gasteiger charge is 2.07. The Labute approximate surface area is 94.4 Å². The van der Waals surface area contributed by atoms with E-state index in [9.17, 15) is 0 Å². The van der Waals surface area contributed by atoms with Gasteiger partial charge in [0.15, 0.2) is 6.10 Å². The predicted molar refractivity (Wildman–Crippen MR) is 54.6 cm³/mol. The number of benzene rings is 1. The lowest BCUT2D eigenvalue weighted by molar-refractivity contribution is 0.236. The minimum atomic E-state index is -1.12. The summed E-state index contributed by atoms with van der Waals surface area (Å²) in [5.74, 6) is 0. The molecule has 70 valence electrons. The summed E-state index contributed by atoms with van der Waals surface area (Å²) >= 11 is 5.69. The summed E-state index contributed by atoms with van der Waals surface area (Å²) in [6, 6.07) is 8.42. The van der Waals surface area contributed by atoms with Crippen LogP contribution in [0.3, 0.4) is 0 Å². The van der Waals surface area contributed by atoms with Crippen molar-refractivity contribution in [1.82, 2.24) is 0 Å². The third kappa shape index (κ3) is 4.55. The SMILES string of the molecule is N#CC(O)c1ccccc1Cl.[Si]O[Si]. The fourth-order valence-corrected chi connectivity index (χ4v) is 1.01. The molecule has 0 fully saturated rings. The quantitative estimate of drug-likeness (QED) is 0.589. The Bertz CT molecular complexity index is 316. The van der Waals surface area contributed by atoms with Crippen molar-refractivity contribution in [3.05, 3.63) is 34.9 Å². The highest BCUT2D eigenvalue weighted by atomic mass is 35.5. The van der Waals surface area contributed by atoms with Gasteiger partial charge < -0.3 is 9.22 Å². The van der Waals surface area contributed by atoms with Crippen molar-refractivity contribution in [2.45, 2.75) is 6.10 Å². The van der Waals surface area contributed by atoms with E-state index in [1.54, 1.807) is 30.3 Å². The lowest BCUT2D eigenvalue weighted by Gasteiger charge is -2.02. The van der Waals surface area contributed by atoms with Crippen LogP contribution in [0.5, 0.6) is 0 Å². The average molecular weight is 240 g/mol. The highest BCUT2D eigenvalue weighted by Crippen LogP contribution is 2.21. The van der Waals surface area contributed by atoms with Gasteiger partial charge >= 0.3 is 0 Å². The van der Waals surface area contributed by atoms with Gasteiger partial charge in [0, 0.05) is 10.6 Å². The molecule has 1 aromatic rings. The Morgan fingerprint density at radius 2 is 1.93 bits per heavy atom. The molecule has 1 rings (SSSR count). The van der Waals surface area contributed by atoms with Crippen molar-refractivity contribution in [3.63, 3.8) is 0 Å². The van der Waals surface area contributed by atoms with Crippen LogP contribution in [0.15, 0.2) is 24.3 Å². The molecule has 0 bridgehead atoms. The lowest BCUT2D eigenvalue weighted by Crippen LogP contribution is -1.93. The van der Waals surface area contributed by atoms with Gasteiger partial charge in [-0.25, -0.2) is 0 Å². The van der Waals surface area contributed by atoms with Gasteiger partial charge in [0.2, 0.25) is 21.0 Å². The molecule has 0 aliphatic carbocycles. The number of hydrogen-bond donors (Lipinski definition) is 1. The van der Waals surface area contributed by atoms with Gasteiger partial charge in [0.25, 0.3) is 0 Å². The molecule has 0 heterocycles. The predicted octanol–water partition coefficient (Wildman–Crippen LogP) is 1.07. The van der Waals surface area contributed by atoms with E-state index in [-0.39, 0.29) is 0 Å². The fourth-order valence-electron chi connectivity index (χ4n) is 0.766. The number of halogens is 1. The molecule has 14 heavy (non-hydrogen) atoms. The Balaban J connectivity index is 0.000000500. The van der Waals surface area contributed by atoms with E-state index in [4.69, 9.17) is 22.0 Å². The van der Waals surface area contributed by atoms with Crippen LogP contribution < -0.4 is 0 Å². The second kappa shape index (κ2) is 7.73. The van der Waals surface area contributed by atoms with Gasteiger partial charge in [0.1, 0.15) is 0 Å². The van der Waals surface area contributed by atoms with Gasteiger partial charge in [0.05, 0.1) is 6.07 Å². The van der Waals surface area contributed by atoms with Crippen molar-refractivity contribution in [1.29, 1.82) is 5.26 Å². The summed E-state index contributed by atoms with van der Waals surface area (Å²) < 4.78 is 3.86. The van der Waals surface area contributed by atoms with Crippen LogP contribution in [-0.4, -0.2) is 26.1 Å².